The molecule has 118 valence electrons. The van der Waals surface area contributed by atoms with Crippen molar-refractivity contribution in [1.82, 2.24) is 0 Å². The molecule has 4 fully saturated rings. The quantitative estimate of drug-likeness (QED) is 0.749. The van der Waals surface area contributed by atoms with Crippen LogP contribution in [-0.2, 0) is 4.74 Å². The van der Waals surface area contributed by atoms with Gasteiger partial charge in [0, 0.05) is 0 Å². The van der Waals surface area contributed by atoms with Crippen LogP contribution in [0.1, 0.15) is 60.9 Å². The van der Waals surface area contributed by atoms with Gasteiger partial charge in [-0.05, 0) is 87.2 Å². The Morgan fingerprint density at radius 3 is 2.14 bits per heavy atom. The van der Waals surface area contributed by atoms with E-state index in [1.807, 2.05) is 31.2 Å². The minimum Gasteiger partial charge on any atom is -0.462 e. The first-order chi connectivity index (χ1) is 10.6. The molecule has 0 saturated heterocycles. The number of carbonyl (C=O) groups is 1. The normalized spacial score (nSPS) is 35.6. The molecule has 4 aliphatic carbocycles. The standard InChI is InChI=1S/C20H26O2/c1-14-2-4-18(5-3-14)19(21)22-7-6-20-11-15-8-16(12-20)10-17(9-15)13-20/h2-5,15-17H,6-13H2,1H3. The number of ether oxygens (including phenoxy) is 1. The molecule has 0 N–H and O–H groups in total. The van der Waals surface area contributed by atoms with Crippen molar-refractivity contribution < 1.29 is 9.53 Å². The Balaban J connectivity index is 1.33. The number of carbonyl (C=O) groups excluding carboxylic acids is 1. The second-order valence-electron chi connectivity index (χ2n) is 8.17. The Kier molecular flexibility index (Phi) is 3.51. The van der Waals surface area contributed by atoms with Crippen molar-refractivity contribution in [2.45, 2.75) is 51.9 Å². The number of rotatable bonds is 4. The van der Waals surface area contributed by atoms with Gasteiger partial charge >= 0.3 is 5.97 Å². The number of hydrogen-bond acceptors (Lipinski definition) is 2. The predicted octanol–water partition coefficient (Wildman–Crippen LogP) is 4.76. The van der Waals surface area contributed by atoms with E-state index in [9.17, 15) is 4.79 Å². The van der Waals surface area contributed by atoms with Crippen LogP contribution in [0.5, 0.6) is 0 Å². The molecule has 4 aliphatic rings. The predicted molar refractivity (Wildman–Crippen MR) is 86.7 cm³/mol. The van der Waals surface area contributed by atoms with Crippen LogP contribution in [0.15, 0.2) is 24.3 Å². The molecule has 0 unspecified atom stereocenters. The summed E-state index contributed by atoms with van der Waals surface area (Å²) in [6, 6.07) is 7.66. The van der Waals surface area contributed by atoms with Crippen molar-refractivity contribution in [2.24, 2.45) is 23.2 Å². The second kappa shape index (κ2) is 5.40. The van der Waals surface area contributed by atoms with Crippen LogP contribution in [0.4, 0.5) is 0 Å². The average molecular weight is 298 g/mol. The third-order valence-electron chi connectivity index (χ3n) is 6.32. The molecule has 22 heavy (non-hydrogen) atoms. The van der Waals surface area contributed by atoms with Crippen LogP contribution < -0.4 is 0 Å². The van der Waals surface area contributed by atoms with Gasteiger partial charge in [-0.2, -0.15) is 0 Å². The molecule has 0 amide bonds. The van der Waals surface area contributed by atoms with E-state index >= 15 is 0 Å². The monoisotopic (exact) mass is 298 g/mol. The Labute approximate surface area is 133 Å². The van der Waals surface area contributed by atoms with Gasteiger partial charge in [-0.15, -0.1) is 0 Å². The van der Waals surface area contributed by atoms with Gasteiger partial charge in [0.2, 0.25) is 0 Å². The molecular weight excluding hydrogens is 272 g/mol. The van der Waals surface area contributed by atoms with Gasteiger partial charge in [0.25, 0.3) is 0 Å². The van der Waals surface area contributed by atoms with Gasteiger partial charge < -0.3 is 4.74 Å². The van der Waals surface area contributed by atoms with E-state index in [2.05, 4.69) is 0 Å². The van der Waals surface area contributed by atoms with E-state index in [1.54, 1.807) is 0 Å². The minimum absolute atomic E-state index is 0.162. The first kappa shape index (κ1) is 14.3. The van der Waals surface area contributed by atoms with Gasteiger partial charge in [-0.1, -0.05) is 17.7 Å². The molecule has 0 radical (unpaired) electrons. The minimum atomic E-state index is -0.162. The molecule has 4 saturated carbocycles. The van der Waals surface area contributed by atoms with Gasteiger partial charge in [0.1, 0.15) is 0 Å². The van der Waals surface area contributed by atoms with E-state index in [1.165, 1.54) is 44.1 Å². The molecule has 4 bridgehead atoms. The summed E-state index contributed by atoms with van der Waals surface area (Å²) in [5.74, 6) is 2.75. The summed E-state index contributed by atoms with van der Waals surface area (Å²) in [7, 11) is 0. The highest BCUT2D eigenvalue weighted by molar-refractivity contribution is 5.89. The van der Waals surface area contributed by atoms with Crippen LogP contribution >= 0.6 is 0 Å². The lowest BCUT2D eigenvalue weighted by atomic mass is 9.49. The smallest absolute Gasteiger partial charge is 0.338 e. The van der Waals surface area contributed by atoms with Crippen molar-refractivity contribution in [2.75, 3.05) is 6.61 Å². The lowest BCUT2D eigenvalue weighted by molar-refractivity contribution is -0.0653. The van der Waals surface area contributed by atoms with Crippen LogP contribution in [0.2, 0.25) is 0 Å². The fourth-order valence-corrected chi connectivity index (χ4v) is 5.73. The van der Waals surface area contributed by atoms with Gasteiger partial charge in [0.05, 0.1) is 12.2 Å². The van der Waals surface area contributed by atoms with Gasteiger partial charge in [0.15, 0.2) is 0 Å². The highest BCUT2D eigenvalue weighted by atomic mass is 16.5. The van der Waals surface area contributed by atoms with Gasteiger partial charge in [-0.3, -0.25) is 0 Å². The molecule has 0 aliphatic heterocycles. The average Bonchev–Trinajstić information content (AvgIpc) is 2.46. The Morgan fingerprint density at radius 2 is 1.59 bits per heavy atom. The molecule has 0 atom stereocenters. The van der Waals surface area contributed by atoms with Crippen molar-refractivity contribution >= 4 is 5.97 Å². The van der Waals surface area contributed by atoms with Crippen molar-refractivity contribution in [3.63, 3.8) is 0 Å². The molecule has 2 nitrogen and oxygen atoms in total. The topological polar surface area (TPSA) is 26.3 Å². The van der Waals surface area contributed by atoms with Crippen LogP contribution in [-0.4, -0.2) is 12.6 Å². The van der Waals surface area contributed by atoms with E-state index < -0.39 is 0 Å². The number of esters is 1. The lowest BCUT2D eigenvalue weighted by Crippen LogP contribution is -2.46. The maximum atomic E-state index is 12.1. The van der Waals surface area contributed by atoms with Crippen LogP contribution in [0.25, 0.3) is 0 Å². The SMILES string of the molecule is Cc1ccc(C(=O)OCCC23CC4CC(CC(C4)C2)C3)cc1. The molecule has 5 rings (SSSR count). The summed E-state index contributed by atoms with van der Waals surface area (Å²) < 4.78 is 5.57. The summed E-state index contributed by atoms with van der Waals surface area (Å²) in [4.78, 5) is 12.1. The third kappa shape index (κ3) is 2.68. The number of hydrogen-bond donors (Lipinski definition) is 0. The summed E-state index contributed by atoms with van der Waals surface area (Å²) in [5.41, 5.74) is 2.35. The first-order valence-corrected chi connectivity index (χ1v) is 8.86. The Bertz CT molecular complexity index is 522. The number of benzene rings is 1. The Morgan fingerprint density at radius 1 is 1.05 bits per heavy atom. The fraction of sp³-hybridized carbons (Fsp3) is 0.650. The molecular formula is C20H26O2. The van der Waals surface area contributed by atoms with E-state index in [0.717, 1.165) is 24.2 Å². The maximum Gasteiger partial charge on any atom is 0.338 e. The molecule has 0 heterocycles. The van der Waals surface area contributed by atoms with Crippen LogP contribution in [0.3, 0.4) is 0 Å². The molecule has 0 aromatic heterocycles. The molecule has 2 heteroatoms. The van der Waals surface area contributed by atoms with Crippen molar-refractivity contribution in [1.29, 1.82) is 0 Å². The lowest BCUT2D eigenvalue weighted by Gasteiger charge is -2.57. The summed E-state index contributed by atoms with van der Waals surface area (Å²) in [5, 5.41) is 0. The van der Waals surface area contributed by atoms with Crippen LogP contribution in [0, 0.1) is 30.1 Å². The zero-order valence-electron chi connectivity index (χ0n) is 13.5. The number of aryl methyl sites for hydroxylation is 1. The van der Waals surface area contributed by atoms with E-state index in [0.29, 0.717) is 17.6 Å². The maximum absolute atomic E-state index is 12.1. The second-order valence-corrected chi connectivity index (χ2v) is 8.17. The highest BCUT2D eigenvalue weighted by Gasteiger charge is 2.50. The molecule has 1 aromatic rings. The van der Waals surface area contributed by atoms with Crippen molar-refractivity contribution in [3.8, 4) is 0 Å². The zero-order chi connectivity index (χ0) is 15.2. The largest absolute Gasteiger partial charge is 0.462 e. The fourth-order valence-electron chi connectivity index (χ4n) is 5.73. The first-order valence-electron chi connectivity index (χ1n) is 8.86. The van der Waals surface area contributed by atoms with E-state index in [4.69, 9.17) is 4.74 Å². The molecule has 0 spiro atoms. The summed E-state index contributed by atoms with van der Waals surface area (Å²) >= 11 is 0. The Hall–Kier alpha value is -1.31. The third-order valence-corrected chi connectivity index (χ3v) is 6.32. The summed E-state index contributed by atoms with van der Waals surface area (Å²) in [6.45, 7) is 2.63. The van der Waals surface area contributed by atoms with E-state index in [-0.39, 0.29) is 5.97 Å². The summed E-state index contributed by atoms with van der Waals surface area (Å²) in [6.07, 6.45) is 9.67. The van der Waals surface area contributed by atoms with Crippen molar-refractivity contribution in [3.05, 3.63) is 35.4 Å². The van der Waals surface area contributed by atoms with Gasteiger partial charge in [-0.25, -0.2) is 4.79 Å². The molecule has 1 aromatic carbocycles. The zero-order valence-corrected chi connectivity index (χ0v) is 13.5. The highest BCUT2D eigenvalue weighted by Crippen LogP contribution is 2.61.